The first-order valence-corrected chi connectivity index (χ1v) is 20.5. The number of nitrogens with zero attached hydrogens (tertiary/aromatic N) is 2. The number of rotatable bonds is 19. The van der Waals surface area contributed by atoms with Crippen LogP contribution in [-0.4, -0.2) is 114 Å². The Morgan fingerprint density at radius 1 is 0.912 bits per heavy atom. The van der Waals surface area contributed by atoms with Gasteiger partial charge in [0.05, 0.1) is 24.3 Å². The van der Waals surface area contributed by atoms with Gasteiger partial charge in [0.2, 0.25) is 29.4 Å². The summed E-state index contributed by atoms with van der Waals surface area (Å²) in [6.45, 7) is 11.1. The van der Waals surface area contributed by atoms with E-state index in [2.05, 4.69) is 33.5 Å². The fourth-order valence-corrected chi connectivity index (χ4v) is 7.76. The predicted molar refractivity (Wildman–Crippen MR) is 214 cm³/mol. The molecule has 1 unspecified atom stereocenters. The summed E-state index contributed by atoms with van der Waals surface area (Å²) in [6, 6.07) is 4.08. The van der Waals surface area contributed by atoms with Gasteiger partial charge < -0.3 is 41.1 Å². The Labute approximate surface area is 337 Å². The number of benzene rings is 1. The monoisotopic (exact) mass is 795 g/mol. The first-order chi connectivity index (χ1) is 26.8. The van der Waals surface area contributed by atoms with Crippen LogP contribution in [0.15, 0.2) is 30.3 Å². The molecular weight excluding hydrogens is 731 g/mol. The number of unbranched alkanes of at least 4 members (excludes halogenated alkanes) is 4. The molecule has 7 amide bonds. The zero-order chi connectivity index (χ0) is 42.1. The number of ketones is 1. The Hall–Kier alpha value is -4.53. The molecule has 57 heavy (non-hydrogen) atoms. The summed E-state index contributed by atoms with van der Waals surface area (Å²) in [5.74, 6) is -4.24. The van der Waals surface area contributed by atoms with Crippen molar-refractivity contribution in [3.8, 4) is 0 Å². The van der Waals surface area contributed by atoms with Gasteiger partial charge in [-0.2, -0.15) is 0 Å². The van der Waals surface area contributed by atoms with E-state index in [4.69, 9.17) is 4.74 Å². The van der Waals surface area contributed by atoms with Crippen molar-refractivity contribution in [2.45, 2.75) is 147 Å². The maximum absolute atomic E-state index is 14.4. The number of likely N-dealkylation sites (N-methyl/N-ethyl adjacent to an activating group) is 1. The quantitative estimate of drug-likeness (QED) is 0.104. The Bertz CT molecular complexity index is 1610. The van der Waals surface area contributed by atoms with Gasteiger partial charge in [0.25, 0.3) is 5.91 Å². The molecule has 4 rings (SSSR count). The van der Waals surface area contributed by atoms with Gasteiger partial charge in [0.1, 0.15) is 18.1 Å². The van der Waals surface area contributed by atoms with Crippen LogP contribution in [0.3, 0.4) is 0 Å². The average Bonchev–Trinajstić information content (AvgIpc) is 3.82. The van der Waals surface area contributed by atoms with Crippen LogP contribution in [-0.2, 0) is 33.5 Å². The highest BCUT2D eigenvalue weighted by atomic mass is 16.5. The summed E-state index contributed by atoms with van der Waals surface area (Å²) in [5.41, 5.74) is -0.535. The predicted octanol–water partition coefficient (Wildman–Crippen LogP) is 3.12. The molecule has 1 aromatic rings. The smallest absolute Gasteiger partial charge is 0.315 e. The summed E-state index contributed by atoms with van der Waals surface area (Å²) < 4.78 is 6.32. The Morgan fingerprint density at radius 3 is 2.19 bits per heavy atom. The van der Waals surface area contributed by atoms with E-state index in [1.54, 1.807) is 44.4 Å². The second-order valence-corrected chi connectivity index (χ2v) is 17.8. The lowest BCUT2D eigenvalue weighted by atomic mass is 9.89. The van der Waals surface area contributed by atoms with E-state index in [1.807, 2.05) is 34.6 Å². The minimum Gasteiger partial charge on any atom is -0.370 e. The fraction of sp³-hybridized carbons (Fsp3) is 0.690. The van der Waals surface area contributed by atoms with Gasteiger partial charge in [-0.25, -0.2) is 4.79 Å². The number of nitrogens with one attached hydrogen (secondary N) is 5. The second kappa shape index (κ2) is 19.8. The van der Waals surface area contributed by atoms with Crippen LogP contribution < -0.4 is 26.6 Å². The molecule has 3 aliphatic rings. The Morgan fingerprint density at radius 2 is 1.58 bits per heavy atom. The minimum atomic E-state index is -1.20. The Kier molecular flexibility index (Phi) is 15.7. The van der Waals surface area contributed by atoms with E-state index in [9.17, 15) is 33.6 Å². The maximum atomic E-state index is 14.4. The van der Waals surface area contributed by atoms with E-state index in [-0.39, 0.29) is 30.7 Å². The zero-order valence-electron chi connectivity index (χ0n) is 35.1. The van der Waals surface area contributed by atoms with Crippen molar-refractivity contribution in [2.75, 3.05) is 27.2 Å². The lowest BCUT2D eigenvalue weighted by molar-refractivity contribution is -0.144. The molecule has 0 radical (unpaired) electrons. The van der Waals surface area contributed by atoms with Crippen molar-refractivity contribution in [1.82, 2.24) is 36.4 Å². The van der Waals surface area contributed by atoms with Crippen LogP contribution in [0.5, 0.6) is 0 Å². The van der Waals surface area contributed by atoms with Gasteiger partial charge in [0, 0.05) is 32.1 Å². The van der Waals surface area contributed by atoms with Gasteiger partial charge in [-0.15, -0.1) is 0 Å². The van der Waals surface area contributed by atoms with E-state index in [0.717, 1.165) is 38.5 Å². The number of carbonyl (C=O) groups is 7. The Balaban J connectivity index is 1.49. The number of hydrogen-bond donors (Lipinski definition) is 5. The average molecular weight is 796 g/mol. The summed E-state index contributed by atoms with van der Waals surface area (Å²) >= 11 is 0. The molecule has 3 fully saturated rings. The number of fused-ring (bicyclic) bond motifs is 1. The molecule has 15 heteroatoms. The third-order valence-corrected chi connectivity index (χ3v) is 10.7. The molecule has 6 atom stereocenters. The first kappa shape index (κ1) is 45.2. The van der Waals surface area contributed by atoms with Gasteiger partial charge in [-0.3, -0.25) is 28.8 Å². The largest absolute Gasteiger partial charge is 0.370 e. The highest BCUT2D eigenvalue weighted by Crippen LogP contribution is 2.43. The molecule has 1 saturated carbocycles. The molecular formula is C42H65N7O8. The van der Waals surface area contributed by atoms with Gasteiger partial charge >= 0.3 is 6.03 Å². The minimum absolute atomic E-state index is 0.129. The van der Waals surface area contributed by atoms with Crippen molar-refractivity contribution < 1.29 is 38.3 Å². The molecule has 5 N–H and O–H groups in total. The normalized spacial score (nSPS) is 21.3. The number of amides is 7. The standard InChI is InChI=1S/C42H65N7O8/c1-9-10-11-12-16-19-29(45-40(56)47-41(2,3)4)38(54)49-25-31-28(23-42(5,6)57-31)34(49)36(52)44-30(22-26-20-21-26)35(51)37(53)43-24-32(50)46-33(39(55)48(7)8)27-17-14-13-15-18-27/h13-15,17-18,26,28-31,33-34H,9-12,16,19-25H2,1-8H3,(H,43,53)(H,44,52)(H,46,50)(H2,45,47,56)/t28-,29-,30?,31-,33-,34-/m0/s1. The van der Waals surface area contributed by atoms with Crippen LogP contribution in [0.25, 0.3) is 0 Å². The lowest BCUT2D eigenvalue weighted by Gasteiger charge is -2.33. The van der Waals surface area contributed by atoms with Crippen molar-refractivity contribution in [3.05, 3.63) is 35.9 Å². The van der Waals surface area contributed by atoms with Crippen molar-refractivity contribution in [1.29, 1.82) is 0 Å². The molecule has 1 aromatic carbocycles. The number of carbonyl (C=O) groups excluding carboxylic acids is 7. The molecule has 15 nitrogen and oxygen atoms in total. The van der Waals surface area contributed by atoms with Crippen molar-refractivity contribution in [2.24, 2.45) is 11.8 Å². The maximum Gasteiger partial charge on any atom is 0.315 e. The molecule has 1 aliphatic carbocycles. The van der Waals surface area contributed by atoms with E-state index in [1.165, 1.54) is 9.80 Å². The number of likely N-dealkylation sites (tertiary alicyclic amines) is 1. The molecule has 0 spiro atoms. The molecule has 0 bridgehead atoms. The second-order valence-electron chi connectivity index (χ2n) is 17.8. The van der Waals surface area contributed by atoms with Crippen molar-refractivity contribution in [3.63, 3.8) is 0 Å². The molecule has 2 heterocycles. The number of hydrogen-bond acceptors (Lipinski definition) is 8. The number of ether oxygens (including phenoxy) is 1. The third kappa shape index (κ3) is 13.3. The SMILES string of the molecule is CCCCCCC[C@H](NC(=O)NC(C)(C)C)C(=O)N1C[C@@H]2OC(C)(C)C[C@@H]2[C@H]1C(=O)NC(CC1CC1)C(=O)C(=O)NCC(=O)N[C@H](C(=O)N(C)C)c1ccccc1. The van der Waals surface area contributed by atoms with E-state index in [0.29, 0.717) is 24.8 Å². The number of urea groups is 1. The van der Waals surface area contributed by atoms with Gasteiger partial charge in [-0.05, 0) is 65.4 Å². The lowest BCUT2D eigenvalue weighted by Crippen LogP contribution is -2.59. The van der Waals surface area contributed by atoms with Crippen LogP contribution >= 0.6 is 0 Å². The third-order valence-electron chi connectivity index (χ3n) is 10.7. The van der Waals surface area contributed by atoms with E-state index < -0.39 is 83.4 Å². The van der Waals surface area contributed by atoms with Crippen LogP contribution in [0.2, 0.25) is 0 Å². The summed E-state index contributed by atoms with van der Waals surface area (Å²) in [6.07, 6.45) is 7.08. The highest BCUT2D eigenvalue weighted by Gasteiger charge is 2.56. The molecule has 2 aliphatic heterocycles. The topological polar surface area (TPSA) is 195 Å². The highest BCUT2D eigenvalue weighted by molar-refractivity contribution is 6.38. The molecule has 2 saturated heterocycles. The summed E-state index contributed by atoms with van der Waals surface area (Å²) in [7, 11) is 3.14. The van der Waals surface area contributed by atoms with Gasteiger partial charge in [-0.1, -0.05) is 82.2 Å². The summed E-state index contributed by atoms with van der Waals surface area (Å²) in [4.78, 5) is 97.6. The van der Waals surface area contributed by atoms with Crippen molar-refractivity contribution >= 4 is 41.4 Å². The van der Waals surface area contributed by atoms with Crippen LogP contribution in [0, 0.1) is 11.8 Å². The molecule has 0 aromatic heterocycles. The van der Waals surface area contributed by atoms with Crippen LogP contribution in [0.1, 0.15) is 117 Å². The zero-order valence-corrected chi connectivity index (χ0v) is 35.1. The van der Waals surface area contributed by atoms with Crippen LogP contribution in [0.4, 0.5) is 4.79 Å². The molecule has 316 valence electrons. The van der Waals surface area contributed by atoms with Gasteiger partial charge in [0.15, 0.2) is 0 Å². The fourth-order valence-electron chi connectivity index (χ4n) is 7.76. The summed E-state index contributed by atoms with van der Waals surface area (Å²) in [5, 5.41) is 13.6. The first-order valence-electron chi connectivity index (χ1n) is 20.5. The van der Waals surface area contributed by atoms with E-state index >= 15 is 0 Å². The number of Topliss-reactive ketones (excluding diaryl/α,β-unsaturated/α-hetero) is 1.